The van der Waals surface area contributed by atoms with Crippen molar-refractivity contribution in [3.05, 3.63) is 59.2 Å². The largest absolute Gasteiger partial charge is 0.493 e. The van der Waals surface area contributed by atoms with Gasteiger partial charge < -0.3 is 14.7 Å². The highest BCUT2D eigenvalue weighted by atomic mass is 19.4. The molecule has 4 nitrogen and oxygen atoms in total. The fourth-order valence-electron chi connectivity index (χ4n) is 3.50. The molecule has 1 saturated heterocycles. The zero-order chi connectivity index (χ0) is 23.7. The highest BCUT2D eigenvalue weighted by Crippen LogP contribution is 2.42. The van der Waals surface area contributed by atoms with Crippen molar-refractivity contribution in [3.8, 4) is 5.75 Å². The summed E-state index contributed by atoms with van der Waals surface area (Å²) in [6.07, 6.45) is -9.19. The van der Waals surface area contributed by atoms with Gasteiger partial charge in [0.1, 0.15) is 5.75 Å². The van der Waals surface area contributed by atoms with Crippen LogP contribution in [-0.2, 0) is 23.6 Å². The molecule has 3 rings (SSSR count). The lowest BCUT2D eigenvalue weighted by Gasteiger charge is -2.42. The van der Waals surface area contributed by atoms with Gasteiger partial charge in [-0.3, -0.25) is 4.79 Å². The SMILES string of the molecule is CC(Cc1cccc(OCC2CN(c3cc(C(F)(F)F)ccc3C(F)(F)F)C2)c1)C(=O)O. The van der Waals surface area contributed by atoms with Crippen molar-refractivity contribution < 1.29 is 41.0 Å². The molecule has 0 spiro atoms. The van der Waals surface area contributed by atoms with Crippen LogP contribution in [0.2, 0.25) is 0 Å². The van der Waals surface area contributed by atoms with Crippen LogP contribution in [0.5, 0.6) is 5.75 Å². The highest BCUT2D eigenvalue weighted by Gasteiger charge is 2.40. The van der Waals surface area contributed by atoms with E-state index in [0.29, 0.717) is 30.4 Å². The summed E-state index contributed by atoms with van der Waals surface area (Å²) in [6, 6.07) is 8.29. The van der Waals surface area contributed by atoms with Crippen molar-refractivity contribution >= 4 is 11.7 Å². The molecule has 1 atom stereocenters. The number of rotatable bonds is 7. The van der Waals surface area contributed by atoms with Gasteiger partial charge in [0.15, 0.2) is 0 Å². The maximum Gasteiger partial charge on any atom is 0.418 e. The number of hydrogen-bond donors (Lipinski definition) is 1. The zero-order valence-electron chi connectivity index (χ0n) is 17.0. The summed E-state index contributed by atoms with van der Waals surface area (Å²) < 4.78 is 84.4. The molecule has 1 aliphatic heterocycles. The predicted molar refractivity (Wildman–Crippen MR) is 105 cm³/mol. The molecule has 0 aromatic heterocycles. The van der Waals surface area contributed by atoms with Crippen LogP contribution in [0, 0.1) is 11.8 Å². The van der Waals surface area contributed by atoms with Crippen LogP contribution >= 0.6 is 0 Å². The van der Waals surface area contributed by atoms with E-state index < -0.39 is 41.1 Å². The second-order valence-corrected chi connectivity index (χ2v) is 7.90. The molecule has 1 N–H and O–H groups in total. The molecular weight excluding hydrogens is 440 g/mol. The van der Waals surface area contributed by atoms with Crippen LogP contribution in [0.3, 0.4) is 0 Å². The van der Waals surface area contributed by atoms with E-state index in [-0.39, 0.29) is 25.6 Å². The molecule has 0 radical (unpaired) electrons. The summed E-state index contributed by atoms with van der Waals surface area (Å²) >= 11 is 0. The second kappa shape index (κ2) is 8.91. The first-order valence-corrected chi connectivity index (χ1v) is 9.82. The minimum absolute atomic E-state index is 0.125. The Balaban J connectivity index is 1.63. The van der Waals surface area contributed by atoms with Crippen molar-refractivity contribution in [2.24, 2.45) is 11.8 Å². The van der Waals surface area contributed by atoms with Crippen LogP contribution in [0.4, 0.5) is 32.0 Å². The average Bonchev–Trinajstić information content (AvgIpc) is 2.65. The Morgan fingerprint density at radius 2 is 1.78 bits per heavy atom. The third-order valence-electron chi connectivity index (χ3n) is 5.28. The van der Waals surface area contributed by atoms with Crippen molar-refractivity contribution in [2.75, 3.05) is 24.6 Å². The summed E-state index contributed by atoms with van der Waals surface area (Å²) in [7, 11) is 0. The van der Waals surface area contributed by atoms with E-state index in [2.05, 4.69) is 0 Å². The first-order chi connectivity index (χ1) is 14.8. The first-order valence-electron chi connectivity index (χ1n) is 9.82. The molecule has 0 saturated carbocycles. The van der Waals surface area contributed by atoms with E-state index in [1.165, 1.54) is 4.90 Å². The van der Waals surface area contributed by atoms with Gasteiger partial charge in [-0.1, -0.05) is 19.1 Å². The summed E-state index contributed by atoms with van der Waals surface area (Å²) in [5.41, 5.74) is -1.96. The van der Waals surface area contributed by atoms with Gasteiger partial charge in [0.05, 0.1) is 23.7 Å². The molecule has 1 fully saturated rings. The number of hydrogen-bond acceptors (Lipinski definition) is 3. The molecule has 2 aromatic carbocycles. The van der Waals surface area contributed by atoms with E-state index in [0.717, 1.165) is 5.56 Å². The molecule has 174 valence electrons. The van der Waals surface area contributed by atoms with Crippen LogP contribution < -0.4 is 9.64 Å². The fraction of sp³-hybridized carbons (Fsp3) is 0.409. The van der Waals surface area contributed by atoms with Crippen LogP contribution in [-0.4, -0.2) is 30.8 Å². The van der Waals surface area contributed by atoms with Gasteiger partial charge in [0.25, 0.3) is 0 Å². The Bertz CT molecular complexity index is 967. The van der Waals surface area contributed by atoms with Crippen LogP contribution in [0.1, 0.15) is 23.6 Å². The monoisotopic (exact) mass is 461 g/mol. The Morgan fingerprint density at radius 3 is 2.38 bits per heavy atom. The van der Waals surface area contributed by atoms with E-state index in [1.807, 2.05) is 0 Å². The lowest BCUT2D eigenvalue weighted by molar-refractivity contribution is -0.141. The highest BCUT2D eigenvalue weighted by molar-refractivity contribution is 5.69. The minimum Gasteiger partial charge on any atom is -0.493 e. The molecular formula is C22H21F6NO3. The summed E-state index contributed by atoms with van der Waals surface area (Å²) in [5.74, 6) is -1.15. The molecule has 0 amide bonds. The average molecular weight is 461 g/mol. The smallest absolute Gasteiger partial charge is 0.418 e. The number of benzene rings is 2. The van der Waals surface area contributed by atoms with Crippen molar-refractivity contribution in [3.63, 3.8) is 0 Å². The van der Waals surface area contributed by atoms with Crippen LogP contribution in [0.25, 0.3) is 0 Å². The second-order valence-electron chi connectivity index (χ2n) is 7.90. The van der Waals surface area contributed by atoms with E-state index in [9.17, 15) is 31.1 Å². The van der Waals surface area contributed by atoms with E-state index in [4.69, 9.17) is 9.84 Å². The van der Waals surface area contributed by atoms with Gasteiger partial charge in [-0.15, -0.1) is 0 Å². The summed E-state index contributed by atoms with van der Waals surface area (Å²) in [6.45, 7) is 2.01. The molecule has 10 heteroatoms. The lowest BCUT2D eigenvalue weighted by atomic mass is 9.97. The standard InChI is InChI=1S/C22H21F6NO3/c1-13(20(30)31)7-14-3-2-4-17(8-14)32-12-15-10-29(11-15)19-9-16(21(23,24)25)5-6-18(19)22(26,27)28/h2-6,8-9,13,15H,7,10-12H2,1H3,(H,30,31). The van der Waals surface area contributed by atoms with Crippen molar-refractivity contribution in [2.45, 2.75) is 25.7 Å². The number of halogens is 6. The number of carboxylic acid groups (broad SMARTS) is 1. The molecule has 1 aliphatic rings. The molecule has 0 aliphatic carbocycles. The Kier molecular flexibility index (Phi) is 6.61. The lowest BCUT2D eigenvalue weighted by Crippen LogP contribution is -2.50. The number of carbonyl (C=O) groups is 1. The maximum atomic E-state index is 13.3. The number of aliphatic carboxylic acids is 1. The normalized spacial score (nSPS) is 15.9. The molecule has 2 aromatic rings. The van der Waals surface area contributed by atoms with Crippen molar-refractivity contribution in [1.82, 2.24) is 0 Å². The van der Waals surface area contributed by atoms with Crippen molar-refractivity contribution in [1.29, 1.82) is 0 Å². The van der Waals surface area contributed by atoms with Gasteiger partial charge >= 0.3 is 18.3 Å². The number of nitrogens with zero attached hydrogens (tertiary/aromatic N) is 1. The Morgan fingerprint density at radius 1 is 1.09 bits per heavy atom. The third-order valence-corrected chi connectivity index (χ3v) is 5.28. The molecule has 1 heterocycles. The van der Waals surface area contributed by atoms with E-state index >= 15 is 0 Å². The maximum absolute atomic E-state index is 13.3. The minimum atomic E-state index is -4.77. The molecule has 32 heavy (non-hydrogen) atoms. The Labute approximate surface area is 180 Å². The predicted octanol–water partition coefficient (Wildman–Crippen LogP) is 5.50. The number of carboxylic acids is 1. The van der Waals surface area contributed by atoms with Gasteiger partial charge in [0, 0.05) is 24.7 Å². The topological polar surface area (TPSA) is 49.8 Å². The van der Waals surface area contributed by atoms with Gasteiger partial charge in [-0.25, -0.2) is 0 Å². The molecule has 0 bridgehead atoms. The quantitative estimate of drug-likeness (QED) is 0.553. The Hall–Kier alpha value is -2.91. The first kappa shape index (κ1) is 23.7. The van der Waals surface area contributed by atoms with Gasteiger partial charge in [-0.2, -0.15) is 26.3 Å². The summed E-state index contributed by atoms with van der Waals surface area (Å²) in [5, 5.41) is 9.01. The van der Waals surface area contributed by atoms with Crippen LogP contribution in [0.15, 0.2) is 42.5 Å². The summed E-state index contributed by atoms with van der Waals surface area (Å²) in [4.78, 5) is 12.3. The number of alkyl halides is 6. The van der Waals surface area contributed by atoms with E-state index in [1.54, 1.807) is 31.2 Å². The number of anilines is 1. The molecule has 1 unspecified atom stereocenters. The number of ether oxygens (including phenoxy) is 1. The van der Waals surface area contributed by atoms with Gasteiger partial charge in [-0.05, 0) is 42.3 Å². The zero-order valence-corrected chi connectivity index (χ0v) is 17.0. The van der Waals surface area contributed by atoms with Gasteiger partial charge in [0.2, 0.25) is 0 Å². The fourth-order valence-corrected chi connectivity index (χ4v) is 3.50. The third kappa shape index (κ3) is 5.66.